The van der Waals surface area contributed by atoms with Gasteiger partial charge in [-0.25, -0.2) is 0 Å². The predicted molar refractivity (Wildman–Crippen MR) is 82.1 cm³/mol. The topological polar surface area (TPSA) is 32.9 Å². The van der Waals surface area contributed by atoms with E-state index in [1.54, 1.807) is 12.1 Å². The third kappa shape index (κ3) is 3.51. The summed E-state index contributed by atoms with van der Waals surface area (Å²) in [7, 11) is 0. The lowest BCUT2D eigenvalue weighted by Crippen LogP contribution is -2.14. The Morgan fingerprint density at radius 3 is 2.27 bits per heavy atom. The van der Waals surface area contributed by atoms with E-state index in [1.165, 1.54) is 0 Å². The molecule has 1 aromatic carbocycles. The molecule has 2 nitrogen and oxygen atoms in total. The van der Waals surface area contributed by atoms with Crippen molar-refractivity contribution >= 4 is 10.9 Å². The van der Waals surface area contributed by atoms with Gasteiger partial charge in [-0.1, -0.05) is 32.8 Å². The van der Waals surface area contributed by atoms with Crippen LogP contribution in [0.5, 0.6) is 0 Å². The number of fused-ring (bicyclic) bond motifs is 1. The second kappa shape index (κ2) is 6.55. The number of halogens is 3. The molecule has 0 saturated heterocycles. The average Bonchev–Trinajstić information content (AvgIpc) is 2.44. The number of aromatic amines is 1. The van der Waals surface area contributed by atoms with Gasteiger partial charge in [0.15, 0.2) is 0 Å². The van der Waals surface area contributed by atoms with Gasteiger partial charge in [0.05, 0.1) is 5.56 Å². The van der Waals surface area contributed by atoms with Crippen molar-refractivity contribution in [2.75, 3.05) is 0 Å². The maximum Gasteiger partial charge on any atom is 0.417 e. The molecule has 1 heterocycles. The van der Waals surface area contributed by atoms with Crippen molar-refractivity contribution in [1.29, 1.82) is 0 Å². The Morgan fingerprint density at radius 2 is 1.73 bits per heavy atom. The molecule has 0 radical (unpaired) electrons. The Balaban J connectivity index is 2.61. The van der Waals surface area contributed by atoms with E-state index in [2.05, 4.69) is 18.8 Å². The number of rotatable bonds is 5. The van der Waals surface area contributed by atoms with Gasteiger partial charge in [0.2, 0.25) is 5.56 Å². The minimum atomic E-state index is -4.53. The first-order valence-corrected chi connectivity index (χ1v) is 7.61. The monoisotopic (exact) mass is 311 g/mol. The number of aromatic nitrogens is 1. The Bertz CT molecular complexity index is 697. The van der Waals surface area contributed by atoms with Gasteiger partial charge < -0.3 is 4.98 Å². The third-order valence-corrected chi connectivity index (χ3v) is 3.92. The van der Waals surface area contributed by atoms with E-state index in [0.29, 0.717) is 6.07 Å². The van der Waals surface area contributed by atoms with Crippen LogP contribution in [0.15, 0.2) is 29.1 Å². The predicted octanol–water partition coefficient (Wildman–Crippen LogP) is 5.23. The van der Waals surface area contributed by atoms with Crippen LogP contribution in [0.3, 0.4) is 0 Å². The van der Waals surface area contributed by atoms with Crippen LogP contribution in [-0.2, 0) is 6.18 Å². The Hall–Kier alpha value is -1.78. The van der Waals surface area contributed by atoms with E-state index >= 15 is 0 Å². The molecule has 0 aliphatic rings. The molecule has 0 aliphatic carbocycles. The highest BCUT2D eigenvalue weighted by Crippen LogP contribution is 2.35. The zero-order valence-corrected chi connectivity index (χ0v) is 12.8. The normalized spacial score (nSPS) is 12.3. The highest BCUT2D eigenvalue weighted by atomic mass is 19.4. The van der Waals surface area contributed by atoms with Gasteiger partial charge in [0.25, 0.3) is 0 Å². The average molecular weight is 311 g/mol. The van der Waals surface area contributed by atoms with Crippen molar-refractivity contribution in [3.8, 4) is 0 Å². The fourth-order valence-electron chi connectivity index (χ4n) is 2.93. The summed E-state index contributed by atoms with van der Waals surface area (Å²) in [5.74, 6) is 0.257. The van der Waals surface area contributed by atoms with Crippen molar-refractivity contribution in [1.82, 2.24) is 4.98 Å². The number of hydrogen-bond acceptors (Lipinski definition) is 1. The minimum absolute atomic E-state index is 0.0711. The summed E-state index contributed by atoms with van der Waals surface area (Å²) in [5.41, 5.74) is -0.449. The molecule has 5 heteroatoms. The molecule has 1 aromatic heterocycles. The standard InChI is InChI=1S/C17H20F3NO/c1-3-5-11(6-4-2)12-7-8-15-13(9-12)14(17(18,19)20)10-16(22)21-15/h7-11H,3-6H2,1-2H3,(H,21,22). The number of alkyl halides is 3. The number of nitrogens with one attached hydrogen (secondary N) is 1. The van der Waals surface area contributed by atoms with Gasteiger partial charge in [-0.15, -0.1) is 0 Å². The van der Waals surface area contributed by atoms with E-state index in [-0.39, 0.29) is 16.8 Å². The molecule has 2 rings (SSSR count). The lowest BCUT2D eigenvalue weighted by Gasteiger charge is -2.17. The van der Waals surface area contributed by atoms with Crippen LogP contribution < -0.4 is 5.56 Å². The van der Waals surface area contributed by atoms with Crippen LogP contribution >= 0.6 is 0 Å². The number of pyridine rings is 1. The van der Waals surface area contributed by atoms with Crippen molar-refractivity contribution < 1.29 is 13.2 Å². The van der Waals surface area contributed by atoms with Crippen LogP contribution in [0.1, 0.15) is 56.6 Å². The van der Waals surface area contributed by atoms with Crippen LogP contribution in [-0.4, -0.2) is 4.98 Å². The lowest BCUT2D eigenvalue weighted by molar-refractivity contribution is -0.136. The van der Waals surface area contributed by atoms with Crippen molar-refractivity contribution in [2.45, 2.75) is 51.6 Å². The van der Waals surface area contributed by atoms with Gasteiger partial charge in [0, 0.05) is 17.0 Å². The minimum Gasteiger partial charge on any atom is -0.322 e. The first kappa shape index (κ1) is 16.6. The van der Waals surface area contributed by atoms with Crippen LogP contribution in [0.4, 0.5) is 13.2 Å². The largest absolute Gasteiger partial charge is 0.417 e. The van der Waals surface area contributed by atoms with Crippen molar-refractivity contribution in [3.63, 3.8) is 0 Å². The van der Waals surface area contributed by atoms with Gasteiger partial charge in [-0.05, 0) is 36.5 Å². The first-order chi connectivity index (χ1) is 10.4. The van der Waals surface area contributed by atoms with Gasteiger partial charge in [-0.2, -0.15) is 13.2 Å². The van der Waals surface area contributed by atoms with E-state index in [0.717, 1.165) is 31.2 Å². The summed E-state index contributed by atoms with van der Waals surface area (Å²) in [6, 6.07) is 5.64. The molecule has 22 heavy (non-hydrogen) atoms. The van der Waals surface area contributed by atoms with E-state index in [9.17, 15) is 18.0 Å². The SMILES string of the molecule is CCCC(CCC)c1ccc2[nH]c(=O)cc(C(F)(F)F)c2c1. The number of benzene rings is 1. The number of hydrogen-bond donors (Lipinski definition) is 1. The second-order valence-corrected chi connectivity index (χ2v) is 5.62. The van der Waals surface area contributed by atoms with E-state index in [4.69, 9.17) is 0 Å². The highest BCUT2D eigenvalue weighted by molar-refractivity contribution is 5.83. The molecule has 0 fully saturated rings. The Morgan fingerprint density at radius 1 is 1.09 bits per heavy atom. The molecular weight excluding hydrogens is 291 g/mol. The zero-order valence-electron chi connectivity index (χ0n) is 12.8. The molecule has 0 unspecified atom stereocenters. The summed E-state index contributed by atoms with van der Waals surface area (Å²) < 4.78 is 39.5. The van der Waals surface area contributed by atoms with Crippen LogP contribution in [0.25, 0.3) is 10.9 Å². The van der Waals surface area contributed by atoms with Crippen molar-refractivity contribution in [3.05, 3.63) is 45.7 Å². The quantitative estimate of drug-likeness (QED) is 0.805. The molecule has 120 valence electrons. The Kier molecular flexibility index (Phi) is 4.94. The molecule has 0 amide bonds. The van der Waals surface area contributed by atoms with E-state index < -0.39 is 17.3 Å². The third-order valence-electron chi connectivity index (χ3n) is 3.92. The molecule has 0 spiro atoms. The van der Waals surface area contributed by atoms with Gasteiger partial charge in [0.1, 0.15) is 0 Å². The summed E-state index contributed by atoms with van der Waals surface area (Å²) in [6.07, 6.45) is -0.662. The lowest BCUT2D eigenvalue weighted by atomic mass is 9.89. The maximum atomic E-state index is 13.2. The van der Waals surface area contributed by atoms with Gasteiger partial charge in [-0.3, -0.25) is 4.79 Å². The fraction of sp³-hybridized carbons (Fsp3) is 0.471. The highest BCUT2D eigenvalue weighted by Gasteiger charge is 2.33. The summed E-state index contributed by atoms with van der Waals surface area (Å²) in [4.78, 5) is 13.9. The summed E-state index contributed by atoms with van der Waals surface area (Å²) >= 11 is 0. The molecule has 0 aliphatic heterocycles. The number of H-pyrrole nitrogens is 1. The zero-order chi connectivity index (χ0) is 16.3. The van der Waals surface area contributed by atoms with Crippen LogP contribution in [0.2, 0.25) is 0 Å². The van der Waals surface area contributed by atoms with Gasteiger partial charge >= 0.3 is 6.18 Å². The molecular formula is C17H20F3NO. The molecule has 2 aromatic rings. The Labute approximate surface area is 127 Å². The smallest absolute Gasteiger partial charge is 0.322 e. The molecule has 0 atom stereocenters. The first-order valence-electron chi connectivity index (χ1n) is 7.61. The second-order valence-electron chi connectivity index (χ2n) is 5.62. The molecule has 1 N–H and O–H groups in total. The summed E-state index contributed by atoms with van der Waals surface area (Å²) in [5, 5.41) is 0.0711. The molecule has 0 saturated carbocycles. The van der Waals surface area contributed by atoms with E-state index in [1.807, 2.05) is 6.07 Å². The maximum absolute atomic E-state index is 13.2. The summed E-state index contributed by atoms with van der Waals surface area (Å²) in [6.45, 7) is 4.14. The van der Waals surface area contributed by atoms with Crippen molar-refractivity contribution in [2.24, 2.45) is 0 Å². The van der Waals surface area contributed by atoms with Crippen LogP contribution in [0, 0.1) is 0 Å². The molecule has 0 bridgehead atoms. The fourth-order valence-corrected chi connectivity index (χ4v) is 2.93.